The lowest BCUT2D eigenvalue weighted by Gasteiger charge is -2.09. The molecule has 0 radical (unpaired) electrons. The quantitative estimate of drug-likeness (QED) is 0.696. The zero-order valence-electron chi connectivity index (χ0n) is 10.0. The number of aromatic nitrogens is 4. The van der Waals surface area contributed by atoms with Gasteiger partial charge in [0.15, 0.2) is 11.2 Å². The van der Waals surface area contributed by atoms with Crippen molar-refractivity contribution in [3.05, 3.63) is 39.8 Å². The Morgan fingerprint density at radius 1 is 1.35 bits per heavy atom. The molecule has 6 heteroatoms. The van der Waals surface area contributed by atoms with Crippen LogP contribution in [0.4, 0.5) is 0 Å². The Morgan fingerprint density at radius 3 is 2.59 bits per heavy atom. The van der Waals surface area contributed by atoms with Gasteiger partial charge in [0.25, 0.3) is 5.56 Å². The van der Waals surface area contributed by atoms with Crippen LogP contribution in [0, 0.1) is 0 Å². The fourth-order valence-electron chi connectivity index (χ4n) is 1.79. The van der Waals surface area contributed by atoms with Crippen LogP contribution >= 0.6 is 0 Å². The summed E-state index contributed by atoms with van der Waals surface area (Å²) in [6.45, 7) is 5.59. The Labute approximate surface area is 97.4 Å². The van der Waals surface area contributed by atoms with Gasteiger partial charge in [0.05, 0.1) is 12.4 Å². The third kappa shape index (κ3) is 1.44. The molecule has 2 heterocycles. The van der Waals surface area contributed by atoms with E-state index in [4.69, 9.17) is 0 Å². The smallest absolute Gasteiger partial charge is 0.318 e. The summed E-state index contributed by atoms with van der Waals surface area (Å²) >= 11 is 0. The molecule has 0 saturated heterocycles. The van der Waals surface area contributed by atoms with Crippen molar-refractivity contribution in [1.29, 1.82) is 0 Å². The number of aryl methyl sites for hydroxylation is 1. The monoisotopic (exact) mass is 234 g/mol. The second-order valence-electron chi connectivity index (χ2n) is 4.01. The molecule has 0 bridgehead atoms. The highest BCUT2D eigenvalue weighted by molar-refractivity contribution is 5.70. The largest absolute Gasteiger partial charge is 0.332 e. The Morgan fingerprint density at radius 2 is 2.00 bits per heavy atom. The summed E-state index contributed by atoms with van der Waals surface area (Å²) < 4.78 is 4.16. The van der Waals surface area contributed by atoms with Crippen molar-refractivity contribution in [3.63, 3.8) is 0 Å². The fourth-order valence-corrected chi connectivity index (χ4v) is 1.79. The molecule has 6 nitrogen and oxygen atoms in total. The van der Waals surface area contributed by atoms with E-state index in [1.165, 1.54) is 11.6 Å². The van der Waals surface area contributed by atoms with Gasteiger partial charge in [-0.05, 0) is 6.92 Å². The van der Waals surface area contributed by atoms with E-state index >= 15 is 0 Å². The minimum absolute atomic E-state index is 0.0507. The van der Waals surface area contributed by atoms with E-state index in [0.29, 0.717) is 11.2 Å². The molecule has 0 amide bonds. The Balaban J connectivity index is 3.01. The van der Waals surface area contributed by atoms with Crippen molar-refractivity contribution < 1.29 is 0 Å². The predicted molar refractivity (Wildman–Crippen MR) is 65.1 cm³/mol. The van der Waals surface area contributed by atoms with Crippen LogP contribution in [0.25, 0.3) is 11.2 Å². The van der Waals surface area contributed by atoms with Crippen molar-refractivity contribution in [1.82, 2.24) is 18.7 Å². The molecular weight excluding hydrogens is 220 g/mol. The first-order valence-electron chi connectivity index (χ1n) is 5.24. The van der Waals surface area contributed by atoms with E-state index in [-0.39, 0.29) is 17.3 Å². The van der Waals surface area contributed by atoms with Gasteiger partial charge in [-0.15, -0.1) is 6.58 Å². The highest BCUT2D eigenvalue weighted by atomic mass is 16.2. The molecule has 0 aliphatic heterocycles. The SMILES string of the molecule is C=C[C@H](C)n1cnc2c1c(=O)n(C)c(=O)n2C. The summed E-state index contributed by atoms with van der Waals surface area (Å²) in [6.07, 6.45) is 3.27. The first-order valence-corrected chi connectivity index (χ1v) is 5.24. The van der Waals surface area contributed by atoms with Crippen molar-refractivity contribution >= 4 is 11.2 Å². The van der Waals surface area contributed by atoms with Gasteiger partial charge in [-0.1, -0.05) is 6.08 Å². The van der Waals surface area contributed by atoms with Crippen LogP contribution in [0.15, 0.2) is 28.6 Å². The van der Waals surface area contributed by atoms with Crippen molar-refractivity contribution in [2.45, 2.75) is 13.0 Å². The van der Waals surface area contributed by atoms with Crippen molar-refractivity contribution in [3.8, 4) is 0 Å². The van der Waals surface area contributed by atoms with Crippen LogP contribution < -0.4 is 11.2 Å². The lowest BCUT2D eigenvalue weighted by molar-refractivity contribution is 0.664. The molecular formula is C11H14N4O2. The minimum atomic E-state index is -0.376. The molecule has 2 aromatic heterocycles. The normalized spacial score (nSPS) is 12.9. The first kappa shape index (κ1) is 11.4. The van der Waals surface area contributed by atoms with Crippen LogP contribution in [-0.4, -0.2) is 18.7 Å². The van der Waals surface area contributed by atoms with Crippen molar-refractivity contribution in [2.75, 3.05) is 0 Å². The average Bonchev–Trinajstić information content (AvgIpc) is 2.77. The molecule has 0 fully saturated rings. The molecule has 0 aromatic carbocycles. The van der Waals surface area contributed by atoms with Crippen LogP contribution in [0.2, 0.25) is 0 Å². The molecule has 0 saturated carbocycles. The molecule has 2 aromatic rings. The summed E-state index contributed by atoms with van der Waals surface area (Å²) in [4.78, 5) is 27.9. The summed E-state index contributed by atoms with van der Waals surface area (Å²) in [7, 11) is 3.06. The van der Waals surface area contributed by atoms with Gasteiger partial charge in [0, 0.05) is 14.1 Å². The lowest BCUT2D eigenvalue weighted by atomic mass is 10.3. The van der Waals surface area contributed by atoms with Gasteiger partial charge in [-0.25, -0.2) is 9.78 Å². The van der Waals surface area contributed by atoms with Crippen molar-refractivity contribution in [2.24, 2.45) is 14.1 Å². The molecule has 2 rings (SSSR count). The lowest BCUT2D eigenvalue weighted by Crippen LogP contribution is -2.37. The Kier molecular flexibility index (Phi) is 2.49. The highest BCUT2D eigenvalue weighted by Gasteiger charge is 2.15. The molecule has 0 N–H and O–H groups in total. The molecule has 0 spiro atoms. The standard InChI is InChI=1S/C11H14N4O2/c1-5-7(2)15-6-12-9-8(15)10(16)14(4)11(17)13(9)3/h5-7H,1H2,2-4H3/t7-/m0/s1. The number of rotatable bonds is 2. The second kappa shape index (κ2) is 3.73. The third-order valence-electron chi connectivity index (χ3n) is 2.95. The van der Waals surface area contributed by atoms with E-state index in [1.54, 1.807) is 24.0 Å². The Hall–Kier alpha value is -2.11. The topological polar surface area (TPSA) is 61.8 Å². The zero-order valence-corrected chi connectivity index (χ0v) is 10.0. The van der Waals surface area contributed by atoms with E-state index in [9.17, 15) is 9.59 Å². The van der Waals surface area contributed by atoms with E-state index < -0.39 is 0 Å². The number of allylic oxidation sites excluding steroid dienone is 1. The van der Waals surface area contributed by atoms with Gasteiger partial charge in [0.1, 0.15) is 0 Å². The number of nitrogens with zero attached hydrogens (tertiary/aromatic N) is 4. The predicted octanol–water partition coefficient (Wildman–Crippen LogP) is 0.181. The summed E-state index contributed by atoms with van der Waals surface area (Å²) in [6, 6.07) is -0.0507. The number of hydrogen-bond acceptors (Lipinski definition) is 3. The van der Waals surface area contributed by atoms with Gasteiger partial charge in [0.2, 0.25) is 0 Å². The molecule has 0 unspecified atom stereocenters. The zero-order chi connectivity index (χ0) is 12.7. The maximum absolute atomic E-state index is 12.1. The van der Waals surface area contributed by atoms with Gasteiger partial charge >= 0.3 is 5.69 Å². The molecule has 0 aliphatic rings. The molecule has 1 atom stereocenters. The van der Waals surface area contributed by atoms with E-state index in [2.05, 4.69) is 11.6 Å². The maximum Gasteiger partial charge on any atom is 0.332 e. The second-order valence-corrected chi connectivity index (χ2v) is 4.01. The van der Waals surface area contributed by atoms with E-state index in [0.717, 1.165) is 4.57 Å². The fraction of sp³-hybridized carbons (Fsp3) is 0.364. The summed E-state index contributed by atoms with van der Waals surface area (Å²) in [5.74, 6) is 0. The number of fused-ring (bicyclic) bond motifs is 1. The first-order chi connectivity index (χ1) is 7.99. The third-order valence-corrected chi connectivity index (χ3v) is 2.95. The molecule has 0 aliphatic carbocycles. The minimum Gasteiger partial charge on any atom is -0.318 e. The van der Waals surface area contributed by atoms with Gasteiger partial charge in [-0.2, -0.15) is 0 Å². The van der Waals surface area contributed by atoms with Crippen LogP contribution in [0.5, 0.6) is 0 Å². The van der Waals surface area contributed by atoms with Gasteiger partial charge < -0.3 is 4.57 Å². The van der Waals surface area contributed by atoms with Crippen LogP contribution in [0.1, 0.15) is 13.0 Å². The summed E-state index contributed by atoms with van der Waals surface area (Å²) in [5.41, 5.74) is 0.0992. The highest BCUT2D eigenvalue weighted by Crippen LogP contribution is 2.13. The molecule has 90 valence electrons. The van der Waals surface area contributed by atoms with E-state index in [1.807, 2.05) is 6.92 Å². The van der Waals surface area contributed by atoms with Crippen LogP contribution in [-0.2, 0) is 14.1 Å². The Bertz CT molecular complexity index is 705. The van der Waals surface area contributed by atoms with Crippen LogP contribution in [0.3, 0.4) is 0 Å². The van der Waals surface area contributed by atoms with Gasteiger partial charge in [-0.3, -0.25) is 13.9 Å². The average molecular weight is 234 g/mol. The molecule has 17 heavy (non-hydrogen) atoms. The summed E-state index contributed by atoms with van der Waals surface area (Å²) in [5, 5.41) is 0. The number of hydrogen-bond donors (Lipinski definition) is 0. The maximum atomic E-state index is 12.1. The number of imidazole rings is 1.